The monoisotopic (exact) mass is 431 g/mol. The number of cyclic esters (lactones) is 1. The molecule has 0 radical (unpaired) electrons. The van der Waals surface area contributed by atoms with Crippen LogP contribution < -0.4 is 16.0 Å². The van der Waals surface area contributed by atoms with Crippen LogP contribution in [0.5, 0.6) is 0 Å². The minimum absolute atomic E-state index is 0.0467. The van der Waals surface area contributed by atoms with Gasteiger partial charge in [0.25, 0.3) is 5.91 Å². The first-order valence-electron chi connectivity index (χ1n) is 9.97. The van der Waals surface area contributed by atoms with E-state index in [0.29, 0.717) is 28.2 Å². The van der Waals surface area contributed by atoms with E-state index in [9.17, 15) is 14.4 Å². The summed E-state index contributed by atoms with van der Waals surface area (Å²) in [5, 5.41) is 2.75. The van der Waals surface area contributed by atoms with Gasteiger partial charge < -0.3 is 20.5 Å². The van der Waals surface area contributed by atoms with Crippen LogP contribution in [0.2, 0.25) is 0 Å². The third kappa shape index (κ3) is 4.70. The molecule has 1 heterocycles. The van der Waals surface area contributed by atoms with E-state index in [4.69, 9.17) is 15.2 Å². The number of nitrogens with one attached hydrogen (secondary N) is 1. The fourth-order valence-electron chi connectivity index (χ4n) is 3.24. The lowest BCUT2D eigenvalue weighted by Crippen LogP contribution is -2.26. The van der Waals surface area contributed by atoms with Crippen LogP contribution in [0.3, 0.4) is 0 Å². The van der Waals surface area contributed by atoms with Crippen molar-refractivity contribution < 1.29 is 23.9 Å². The average Bonchev–Trinajstić information content (AvgIpc) is 3.20. The highest BCUT2D eigenvalue weighted by atomic mass is 16.6. The van der Waals surface area contributed by atoms with E-state index >= 15 is 0 Å². The molecule has 8 heteroatoms. The molecule has 3 N–H and O–H groups in total. The maximum absolute atomic E-state index is 12.5. The highest BCUT2D eigenvalue weighted by Gasteiger charge is 2.33. The first-order chi connectivity index (χ1) is 15.5. The highest BCUT2D eigenvalue weighted by molar-refractivity contribution is 6.06. The molecule has 8 nitrogen and oxygen atoms in total. The summed E-state index contributed by atoms with van der Waals surface area (Å²) in [5.41, 5.74) is 8.27. The SMILES string of the molecule is Nc1ccccc1NC(=O)c1ccc(N2CC(COC(=O)c3ccccc3)OC2=O)cc1. The predicted octanol–water partition coefficient (Wildman–Crippen LogP) is 3.70. The minimum atomic E-state index is -0.584. The van der Waals surface area contributed by atoms with Crippen LogP contribution in [0.25, 0.3) is 0 Å². The number of nitrogen functional groups attached to an aromatic ring is 1. The molecule has 4 rings (SSSR count). The number of rotatable bonds is 6. The molecule has 3 aromatic carbocycles. The summed E-state index contributed by atoms with van der Waals surface area (Å²) < 4.78 is 10.6. The lowest BCUT2D eigenvalue weighted by Gasteiger charge is -2.14. The van der Waals surface area contributed by atoms with Crippen molar-refractivity contribution in [2.45, 2.75) is 6.10 Å². The number of para-hydroxylation sites is 2. The molecule has 1 saturated heterocycles. The maximum atomic E-state index is 12.5. The molecule has 1 aliphatic heterocycles. The van der Waals surface area contributed by atoms with E-state index in [-0.39, 0.29) is 19.1 Å². The summed E-state index contributed by atoms with van der Waals surface area (Å²) in [5.74, 6) is -0.793. The van der Waals surface area contributed by atoms with E-state index in [1.165, 1.54) is 4.90 Å². The van der Waals surface area contributed by atoms with Gasteiger partial charge in [0, 0.05) is 11.3 Å². The number of esters is 1. The molecule has 1 aliphatic rings. The van der Waals surface area contributed by atoms with Crippen molar-refractivity contribution in [3.05, 3.63) is 90.0 Å². The van der Waals surface area contributed by atoms with Crippen LogP contribution in [-0.2, 0) is 9.47 Å². The third-order valence-corrected chi connectivity index (χ3v) is 4.93. The second-order valence-corrected chi connectivity index (χ2v) is 7.17. The standard InChI is InChI=1S/C24H21N3O5/c25-20-8-4-5-9-21(20)26-22(28)16-10-12-18(13-11-16)27-14-19(32-24(27)30)15-31-23(29)17-6-2-1-3-7-17/h1-13,19H,14-15,25H2,(H,26,28). The number of hydrogen-bond acceptors (Lipinski definition) is 6. The number of hydrogen-bond donors (Lipinski definition) is 2. The number of anilines is 3. The zero-order chi connectivity index (χ0) is 22.5. The van der Waals surface area contributed by atoms with Crippen molar-refractivity contribution in [3.8, 4) is 0 Å². The average molecular weight is 431 g/mol. The number of amides is 2. The summed E-state index contributed by atoms with van der Waals surface area (Å²) in [7, 11) is 0. The van der Waals surface area contributed by atoms with Gasteiger partial charge in [0.15, 0.2) is 6.10 Å². The zero-order valence-electron chi connectivity index (χ0n) is 17.1. The molecule has 3 aromatic rings. The molecule has 1 unspecified atom stereocenters. The first-order valence-corrected chi connectivity index (χ1v) is 9.97. The second-order valence-electron chi connectivity index (χ2n) is 7.17. The van der Waals surface area contributed by atoms with E-state index in [1.54, 1.807) is 78.9 Å². The molecule has 0 saturated carbocycles. The van der Waals surface area contributed by atoms with E-state index < -0.39 is 18.2 Å². The van der Waals surface area contributed by atoms with Gasteiger partial charge in [-0.05, 0) is 48.5 Å². The first kappa shape index (κ1) is 20.9. The fourth-order valence-corrected chi connectivity index (χ4v) is 3.24. The van der Waals surface area contributed by atoms with Crippen LogP contribution in [0, 0.1) is 0 Å². The van der Waals surface area contributed by atoms with Gasteiger partial charge in [-0.3, -0.25) is 9.69 Å². The third-order valence-electron chi connectivity index (χ3n) is 4.93. The van der Waals surface area contributed by atoms with Crippen molar-refractivity contribution >= 4 is 35.0 Å². The molecule has 0 spiro atoms. The van der Waals surface area contributed by atoms with Gasteiger partial charge in [-0.15, -0.1) is 0 Å². The highest BCUT2D eigenvalue weighted by Crippen LogP contribution is 2.23. The Labute approximate surface area is 184 Å². The van der Waals surface area contributed by atoms with Crippen LogP contribution >= 0.6 is 0 Å². The Morgan fingerprint density at radius 1 is 0.969 bits per heavy atom. The van der Waals surface area contributed by atoms with Crippen LogP contribution in [0.15, 0.2) is 78.9 Å². The zero-order valence-corrected chi connectivity index (χ0v) is 17.1. The number of nitrogens with zero attached hydrogens (tertiary/aromatic N) is 1. The molecular formula is C24H21N3O5. The Kier molecular flexibility index (Phi) is 6.03. The second kappa shape index (κ2) is 9.22. The lowest BCUT2D eigenvalue weighted by atomic mass is 10.1. The Bertz CT molecular complexity index is 1130. The summed E-state index contributed by atoms with van der Waals surface area (Å²) >= 11 is 0. The molecule has 32 heavy (non-hydrogen) atoms. The van der Waals surface area contributed by atoms with Crippen molar-refractivity contribution in [1.29, 1.82) is 0 Å². The van der Waals surface area contributed by atoms with Crippen LogP contribution in [0.1, 0.15) is 20.7 Å². The van der Waals surface area contributed by atoms with Crippen molar-refractivity contribution in [2.24, 2.45) is 0 Å². The van der Waals surface area contributed by atoms with Crippen LogP contribution in [0.4, 0.5) is 21.9 Å². The largest absolute Gasteiger partial charge is 0.458 e. The number of ether oxygens (including phenoxy) is 2. The smallest absolute Gasteiger partial charge is 0.414 e. The lowest BCUT2D eigenvalue weighted by molar-refractivity contribution is 0.0300. The van der Waals surface area contributed by atoms with Gasteiger partial charge in [-0.1, -0.05) is 30.3 Å². The molecule has 1 fully saturated rings. The Morgan fingerprint density at radius 2 is 1.66 bits per heavy atom. The van der Waals surface area contributed by atoms with Gasteiger partial charge in [-0.2, -0.15) is 0 Å². The molecule has 1 atom stereocenters. The van der Waals surface area contributed by atoms with Gasteiger partial charge in [0.05, 0.1) is 23.5 Å². The van der Waals surface area contributed by atoms with Crippen molar-refractivity contribution in [2.75, 3.05) is 29.1 Å². The number of carbonyl (C=O) groups is 3. The topological polar surface area (TPSA) is 111 Å². The summed E-state index contributed by atoms with van der Waals surface area (Å²) in [6.45, 7) is 0.182. The Morgan fingerprint density at radius 3 is 2.38 bits per heavy atom. The summed E-state index contributed by atoms with van der Waals surface area (Å²) in [6.07, 6.45) is -1.13. The number of carbonyl (C=O) groups excluding carboxylic acids is 3. The van der Waals surface area contributed by atoms with Gasteiger partial charge in [0.2, 0.25) is 0 Å². The molecule has 2 amide bonds. The molecular weight excluding hydrogens is 410 g/mol. The quantitative estimate of drug-likeness (QED) is 0.455. The molecule has 0 aromatic heterocycles. The number of benzene rings is 3. The molecule has 162 valence electrons. The predicted molar refractivity (Wildman–Crippen MR) is 120 cm³/mol. The number of nitrogens with two attached hydrogens (primary N) is 1. The fraction of sp³-hybridized carbons (Fsp3) is 0.125. The van der Waals surface area contributed by atoms with Gasteiger partial charge in [-0.25, -0.2) is 9.59 Å². The van der Waals surface area contributed by atoms with E-state index in [0.717, 1.165) is 0 Å². The van der Waals surface area contributed by atoms with Gasteiger partial charge >= 0.3 is 12.1 Å². The van der Waals surface area contributed by atoms with E-state index in [2.05, 4.69) is 5.32 Å². The maximum Gasteiger partial charge on any atom is 0.414 e. The summed E-state index contributed by atoms with van der Waals surface area (Å²) in [6, 6.07) is 22.1. The van der Waals surface area contributed by atoms with Gasteiger partial charge in [0.1, 0.15) is 6.61 Å². The van der Waals surface area contributed by atoms with Crippen molar-refractivity contribution in [1.82, 2.24) is 0 Å². The summed E-state index contributed by atoms with van der Waals surface area (Å²) in [4.78, 5) is 38.2. The Balaban J connectivity index is 1.34. The van der Waals surface area contributed by atoms with E-state index in [1.807, 2.05) is 0 Å². The Hall–Kier alpha value is -4.33. The molecule has 0 aliphatic carbocycles. The molecule has 0 bridgehead atoms. The van der Waals surface area contributed by atoms with Crippen molar-refractivity contribution in [3.63, 3.8) is 0 Å². The normalized spacial score (nSPS) is 15.2. The minimum Gasteiger partial charge on any atom is -0.458 e. The van der Waals surface area contributed by atoms with Crippen LogP contribution in [-0.4, -0.2) is 37.2 Å².